The summed E-state index contributed by atoms with van der Waals surface area (Å²) < 4.78 is 5.25. The van der Waals surface area contributed by atoms with Gasteiger partial charge in [-0.15, -0.1) is 0 Å². The predicted octanol–water partition coefficient (Wildman–Crippen LogP) is 0.391. The zero-order chi connectivity index (χ0) is 8.55. The molecule has 1 aromatic heterocycles. The molecule has 0 aliphatic rings. The summed E-state index contributed by atoms with van der Waals surface area (Å²) in [6.45, 7) is 0. The molecule has 1 amide bonds. The van der Waals surface area contributed by atoms with Crippen molar-refractivity contribution in [1.29, 1.82) is 0 Å². The molecule has 4 heteroatoms. The summed E-state index contributed by atoms with van der Waals surface area (Å²) in [5.41, 5.74) is 5.59. The van der Waals surface area contributed by atoms with Crippen molar-refractivity contribution in [3.63, 3.8) is 0 Å². The fraction of sp³-hybridized carbons (Fsp3) is 0. The molecule has 0 saturated carbocycles. The van der Waals surface area contributed by atoms with Crippen LogP contribution in [-0.2, 0) is 0 Å². The summed E-state index contributed by atoms with van der Waals surface area (Å²) in [7, 11) is 0. The zero-order valence-corrected chi connectivity index (χ0v) is 7.86. The van der Waals surface area contributed by atoms with Crippen molar-refractivity contribution in [2.24, 2.45) is 5.73 Å². The third-order valence-corrected chi connectivity index (χ3v) is 3.35. The van der Waals surface area contributed by atoms with Crippen LogP contribution >= 0.6 is 0 Å². The molecule has 0 radical (unpaired) electrons. The van der Waals surface area contributed by atoms with Gasteiger partial charge in [0, 0.05) is 0 Å². The SMILES string of the molecule is NC(=O)c1n[se]c2ccccc12. The molecule has 0 spiro atoms. The summed E-state index contributed by atoms with van der Waals surface area (Å²) in [4.78, 5) is 10.9. The number of rotatable bonds is 1. The first kappa shape index (κ1) is 7.52. The van der Waals surface area contributed by atoms with E-state index in [4.69, 9.17) is 5.73 Å². The van der Waals surface area contributed by atoms with Gasteiger partial charge in [-0.3, -0.25) is 0 Å². The number of nitrogens with zero attached hydrogens (tertiary/aromatic N) is 1. The number of amides is 1. The molecule has 0 atom stereocenters. The molecule has 0 bridgehead atoms. The summed E-state index contributed by atoms with van der Waals surface area (Å²) in [6, 6.07) is 7.70. The maximum absolute atomic E-state index is 10.9. The van der Waals surface area contributed by atoms with Crippen molar-refractivity contribution in [3.8, 4) is 0 Å². The minimum absolute atomic E-state index is 0.0426. The average Bonchev–Trinajstić information content (AvgIpc) is 2.47. The van der Waals surface area contributed by atoms with Gasteiger partial charge in [-0.1, -0.05) is 0 Å². The standard InChI is InChI=1S/C8H6N2OSe/c9-8(11)7-5-3-1-2-4-6(5)12-10-7/h1-4H,(H2,9,11). The van der Waals surface area contributed by atoms with Gasteiger partial charge in [0.15, 0.2) is 0 Å². The van der Waals surface area contributed by atoms with E-state index in [0.717, 1.165) is 9.65 Å². The molecule has 0 fully saturated rings. The van der Waals surface area contributed by atoms with Gasteiger partial charge in [0.05, 0.1) is 0 Å². The van der Waals surface area contributed by atoms with Gasteiger partial charge in [0.1, 0.15) is 0 Å². The van der Waals surface area contributed by atoms with Crippen LogP contribution in [0.1, 0.15) is 10.5 Å². The quantitative estimate of drug-likeness (QED) is 0.714. The zero-order valence-electron chi connectivity index (χ0n) is 6.15. The number of nitrogens with two attached hydrogens (primary N) is 1. The molecule has 2 N–H and O–H groups in total. The molecule has 2 rings (SSSR count). The molecule has 3 nitrogen and oxygen atoms in total. The second kappa shape index (κ2) is 2.73. The van der Waals surface area contributed by atoms with Crippen molar-refractivity contribution in [2.45, 2.75) is 0 Å². The Kier molecular flexibility index (Phi) is 1.71. The third-order valence-electron chi connectivity index (χ3n) is 1.61. The van der Waals surface area contributed by atoms with E-state index in [1.54, 1.807) is 0 Å². The van der Waals surface area contributed by atoms with Crippen LogP contribution in [0.4, 0.5) is 0 Å². The molecule has 0 aliphatic heterocycles. The number of fused-ring (bicyclic) bond motifs is 1. The number of hydrogen-bond donors (Lipinski definition) is 1. The van der Waals surface area contributed by atoms with Gasteiger partial charge in [-0.25, -0.2) is 0 Å². The van der Waals surface area contributed by atoms with Crippen LogP contribution in [0.2, 0.25) is 0 Å². The van der Waals surface area contributed by atoms with E-state index in [1.807, 2.05) is 24.3 Å². The van der Waals surface area contributed by atoms with Gasteiger partial charge >= 0.3 is 74.8 Å². The Morgan fingerprint density at radius 1 is 1.42 bits per heavy atom. The normalized spacial score (nSPS) is 10.3. The molecule has 1 aromatic carbocycles. The summed E-state index contributed by atoms with van der Waals surface area (Å²) in [6.07, 6.45) is 0. The number of carbonyl (C=O) groups is 1. The van der Waals surface area contributed by atoms with E-state index >= 15 is 0 Å². The van der Waals surface area contributed by atoms with Crippen molar-refractivity contribution in [3.05, 3.63) is 30.0 Å². The van der Waals surface area contributed by atoms with Crippen LogP contribution in [0, 0.1) is 0 Å². The van der Waals surface area contributed by atoms with Crippen molar-refractivity contribution in [1.82, 2.24) is 3.98 Å². The topological polar surface area (TPSA) is 56.0 Å². The van der Waals surface area contributed by atoms with Crippen molar-refractivity contribution < 1.29 is 4.79 Å². The first-order valence-electron chi connectivity index (χ1n) is 3.43. The molecule has 2 aromatic rings. The first-order chi connectivity index (χ1) is 5.79. The molecule has 0 unspecified atom stereocenters. The maximum atomic E-state index is 10.9. The first-order valence-corrected chi connectivity index (χ1v) is 5.05. The van der Waals surface area contributed by atoms with E-state index < -0.39 is 5.91 Å². The number of benzene rings is 1. The Labute approximate surface area is 75.2 Å². The summed E-state index contributed by atoms with van der Waals surface area (Å²) in [5.74, 6) is -0.429. The van der Waals surface area contributed by atoms with Gasteiger partial charge in [0.2, 0.25) is 0 Å². The van der Waals surface area contributed by atoms with Gasteiger partial charge in [0.25, 0.3) is 0 Å². The fourth-order valence-electron chi connectivity index (χ4n) is 1.06. The molecule has 0 aliphatic carbocycles. The number of aromatic nitrogens is 1. The predicted molar refractivity (Wildman–Crippen MR) is 47.2 cm³/mol. The number of primary amides is 1. The fourth-order valence-corrected chi connectivity index (χ4v) is 2.70. The molecule has 12 heavy (non-hydrogen) atoms. The Balaban J connectivity index is 2.79. The van der Waals surface area contributed by atoms with E-state index in [1.165, 1.54) is 0 Å². The number of hydrogen-bond acceptors (Lipinski definition) is 2. The Morgan fingerprint density at radius 2 is 2.17 bits per heavy atom. The Hall–Kier alpha value is -1.12. The van der Waals surface area contributed by atoms with E-state index in [9.17, 15) is 4.79 Å². The monoisotopic (exact) mass is 226 g/mol. The second-order valence-corrected chi connectivity index (χ2v) is 4.08. The third kappa shape index (κ3) is 1.05. The van der Waals surface area contributed by atoms with Gasteiger partial charge in [-0.05, 0) is 0 Å². The van der Waals surface area contributed by atoms with Crippen LogP contribution in [-0.4, -0.2) is 24.6 Å². The van der Waals surface area contributed by atoms with Gasteiger partial charge < -0.3 is 0 Å². The summed E-state index contributed by atoms with van der Waals surface area (Å²) >= 11 is 0.0426. The van der Waals surface area contributed by atoms with Crippen LogP contribution in [0.3, 0.4) is 0 Å². The molecule has 0 saturated heterocycles. The Morgan fingerprint density at radius 3 is 2.92 bits per heavy atom. The van der Waals surface area contributed by atoms with Crippen LogP contribution in [0.5, 0.6) is 0 Å². The summed E-state index contributed by atoms with van der Waals surface area (Å²) in [5, 5.41) is 0.907. The van der Waals surface area contributed by atoms with Crippen molar-refractivity contribution in [2.75, 3.05) is 0 Å². The molecule has 60 valence electrons. The van der Waals surface area contributed by atoms with E-state index in [0.29, 0.717) is 5.69 Å². The molecular weight excluding hydrogens is 219 g/mol. The van der Waals surface area contributed by atoms with E-state index in [-0.39, 0.29) is 14.7 Å². The van der Waals surface area contributed by atoms with Crippen LogP contribution in [0.25, 0.3) is 9.65 Å². The minimum atomic E-state index is -0.429. The van der Waals surface area contributed by atoms with E-state index in [2.05, 4.69) is 3.98 Å². The van der Waals surface area contributed by atoms with Crippen LogP contribution < -0.4 is 5.73 Å². The average molecular weight is 225 g/mol. The van der Waals surface area contributed by atoms with Crippen LogP contribution in [0.15, 0.2) is 24.3 Å². The second-order valence-electron chi connectivity index (χ2n) is 2.39. The molecular formula is C8H6N2OSe. The van der Waals surface area contributed by atoms with Gasteiger partial charge in [-0.2, -0.15) is 0 Å². The number of carbonyl (C=O) groups excluding carboxylic acids is 1. The van der Waals surface area contributed by atoms with Crippen molar-refractivity contribution >= 4 is 30.3 Å². The Bertz CT molecular complexity index is 435. The molecule has 1 heterocycles.